The van der Waals surface area contributed by atoms with Crippen LogP contribution in [0.2, 0.25) is 0 Å². The van der Waals surface area contributed by atoms with E-state index < -0.39 is 0 Å². The van der Waals surface area contributed by atoms with Crippen LogP contribution in [0.5, 0.6) is 5.75 Å². The van der Waals surface area contributed by atoms with Crippen molar-refractivity contribution >= 4 is 17.4 Å². The standard InChI is InChI=1S/C14H19NO2S/c1-14(2,3)10-5-4-6-11(7-10)16-9-12-8-15-13(18)17-12/h4-7,12H,8-9H2,1-3H3,(H,15,18). The van der Waals surface area contributed by atoms with Gasteiger partial charge in [-0.15, -0.1) is 0 Å². The van der Waals surface area contributed by atoms with Gasteiger partial charge >= 0.3 is 0 Å². The summed E-state index contributed by atoms with van der Waals surface area (Å²) >= 11 is 4.91. The Morgan fingerprint density at radius 3 is 2.83 bits per heavy atom. The third-order valence-corrected chi connectivity index (χ3v) is 3.12. The third-order valence-electron chi connectivity index (χ3n) is 2.88. The van der Waals surface area contributed by atoms with Crippen LogP contribution >= 0.6 is 12.2 Å². The molecule has 1 saturated heterocycles. The highest BCUT2D eigenvalue weighted by atomic mass is 32.1. The van der Waals surface area contributed by atoms with Gasteiger partial charge in [0, 0.05) is 0 Å². The fourth-order valence-corrected chi connectivity index (χ4v) is 1.99. The maximum atomic E-state index is 5.75. The molecule has 1 aromatic rings. The van der Waals surface area contributed by atoms with Gasteiger partial charge in [0.1, 0.15) is 12.4 Å². The first-order valence-corrected chi connectivity index (χ1v) is 6.54. The van der Waals surface area contributed by atoms with Crippen LogP contribution in [-0.4, -0.2) is 24.4 Å². The summed E-state index contributed by atoms with van der Waals surface area (Å²) in [6.07, 6.45) is 0.00999. The van der Waals surface area contributed by atoms with Crippen molar-refractivity contribution in [2.75, 3.05) is 13.2 Å². The van der Waals surface area contributed by atoms with Crippen LogP contribution in [0.3, 0.4) is 0 Å². The van der Waals surface area contributed by atoms with Gasteiger partial charge in [0.05, 0.1) is 6.54 Å². The van der Waals surface area contributed by atoms with Crippen molar-refractivity contribution < 1.29 is 9.47 Å². The average Bonchev–Trinajstić information content (AvgIpc) is 2.72. The zero-order chi connectivity index (χ0) is 13.2. The van der Waals surface area contributed by atoms with E-state index in [-0.39, 0.29) is 11.5 Å². The van der Waals surface area contributed by atoms with Crippen LogP contribution in [0.15, 0.2) is 24.3 Å². The number of ether oxygens (including phenoxy) is 2. The van der Waals surface area contributed by atoms with Crippen LogP contribution < -0.4 is 10.1 Å². The van der Waals surface area contributed by atoms with Crippen molar-refractivity contribution in [2.24, 2.45) is 0 Å². The van der Waals surface area contributed by atoms with E-state index in [0.717, 1.165) is 12.3 Å². The van der Waals surface area contributed by atoms with Crippen LogP contribution in [0.4, 0.5) is 0 Å². The summed E-state index contributed by atoms with van der Waals surface area (Å²) in [5.41, 5.74) is 1.40. The highest BCUT2D eigenvalue weighted by Crippen LogP contribution is 2.25. The maximum absolute atomic E-state index is 5.75. The molecule has 1 heterocycles. The fourth-order valence-electron chi connectivity index (χ4n) is 1.77. The molecule has 3 nitrogen and oxygen atoms in total. The molecule has 0 bridgehead atoms. The summed E-state index contributed by atoms with van der Waals surface area (Å²) < 4.78 is 11.1. The Bertz CT molecular complexity index is 440. The molecule has 18 heavy (non-hydrogen) atoms. The molecule has 98 valence electrons. The van der Waals surface area contributed by atoms with Gasteiger partial charge in [0.25, 0.3) is 5.17 Å². The van der Waals surface area contributed by atoms with Gasteiger partial charge in [0.15, 0.2) is 6.10 Å². The van der Waals surface area contributed by atoms with Crippen LogP contribution in [0.1, 0.15) is 26.3 Å². The van der Waals surface area contributed by atoms with Gasteiger partial charge in [-0.1, -0.05) is 32.9 Å². The van der Waals surface area contributed by atoms with E-state index >= 15 is 0 Å². The Labute approximate surface area is 113 Å². The fraction of sp³-hybridized carbons (Fsp3) is 0.500. The van der Waals surface area contributed by atoms with Crippen LogP contribution in [0, 0.1) is 0 Å². The SMILES string of the molecule is CC(C)(C)c1cccc(OCC2CNC(=S)O2)c1. The number of hydrogen-bond acceptors (Lipinski definition) is 3. The smallest absolute Gasteiger partial charge is 0.257 e. The molecular weight excluding hydrogens is 246 g/mol. The van der Waals surface area contributed by atoms with Crippen molar-refractivity contribution in [3.8, 4) is 5.75 Å². The minimum absolute atomic E-state index is 0.00999. The van der Waals surface area contributed by atoms with E-state index in [4.69, 9.17) is 21.7 Å². The molecule has 1 N–H and O–H groups in total. The molecule has 0 amide bonds. The number of nitrogens with one attached hydrogen (secondary N) is 1. The Morgan fingerprint density at radius 2 is 2.22 bits per heavy atom. The molecule has 1 aromatic carbocycles. The number of hydrogen-bond donors (Lipinski definition) is 1. The Balaban J connectivity index is 1.95. The molecular formula is C14H19NO2S. The molecule has 0 spiro atoms. The highest BCUT2D eigenvalue weighted by molar-refractivity contribution is 7.80. The van der Waals surface area contributed by atoms with Gasteiger partial charge in [0.2, 0.25) is 0 Å². The van der Waals surface area contributed by atoms with E-state index in [9.17, 15) is 0 Å². The first kappa shape index (κ1) is 13.1. The third kappa shape index (κ3) is 3.35. The van der Waals surface area contributed by atoms with Crippen LogP contribution in [-0.2, 0) is 10.2 Å². The quantitative estimate of drug-likeness (QED) is 0.851. The summed E-state index contributed by atoms with van der Waals surface area (Å²) in [6.45, 7) is 7.80. The lowest BCUT2D eigenvalue weighted by Gasteiger charge is -2.20. The molecule has 0 radical (unpaired) electrons. The lowest BCUT2D eigenvalue weighted by Crippen LogP contribution is -2.22. The topological polar surface area (TPSA) is 30.5 Å². The Kier molecular flexibility index (Phi) is 3.76. The van der Waals surface area contributed by atoms with Crippen LogP contribution in [0.25, 0.3) is 0 Å². The lowest BCUT2D eigenvalue weighted by atomic mass is 9.87. The molecule has 1 fully saturated rings. The first-order chi connectivity index (χ1) is 8.45. The maximum Gasteiger partial charge on any atom is 0.257 e. The lowest BCUT2D eigenvalue weighted by molar-refractivity contribution is 0.150. The predicted octanol–water partition coefficient (Wildman–Crippen LogP) is 2.64. The summed E-state index contributed by atoms with van der Waals surface area (Å²) in [5, 5.41) is 3.44. The average molecular weight is 265 g/mol. The monoisotopic (exact) mass is 265 g/mol. The summed E-state index contributed by atoms with van der Waals surface area (Å²) in [7, 11) is 0. The van der Waals surface area contributed by atoms with Crippen molar-refractivity contribution in [2.45, 2.75) is 32.3 Å². The molecule has 1 aliphatic heterocycles. The van der Waals surface area contributed by atoms with Crippen molar-refractivity contribution in [1.29, 1.82) is 0 Å². The molecule has 1 aliphatic rings. The number of rotatable bonds is 3. The van der Waals surface area contributed by atoms with E-state index in [0.29, 0.717) is 11.8 Å². The molecule has 1 unspecified atom stereocenters. The number of benzene rings is 1. The zero-order valence-corrected chi connectivity index (χ0v) is 11.8. The first-order valence-electron chi connectivity index (χ1n) is 6.13. The van der Waals surface area contributed by atoms with E-state index in [1.165, 1.54) is 5.56 Å². The van der Waals surface area contributed by atoms with E-state index in [2.05, 4.69) is 38.2 Å². The van der Waals surface area contributed by atoms with Gasteiger partial charge in [-0.2, -0.15) is 0 Å². The van der Waals surface area contributed by atoms with E-state index in [1.807, 2.05) is 12.1 Å². The highest BCUT2D eigenvalue weighted by Gasteiger charge is 2.20. The summed E-state index contributed by atoms with van der Waals surface area (Å²) in [4.78, 5) is 0. The normalized spacial score (nSPS) is 19.3. The summed E-state index contributed by atoms with van der Waals surface area (Å²) in [5.74, 6) is 0.879. The van der Waals surface area contributed by atoms with Crippen molar-refractivity contribution in [1.82, 2.24) is 5.32 Å². The second-order valence-corrected chi connectivity index (χ2v) is 5.87. The summed E-state index contributed by atoms with van der Waals surface area (Å²) in [6, 6.07) is 8.19. The molecule has 4 heteroatoms. The molecule has 0 aliphatic carbocycles. The minimum Gasteiger partial charge on any atom is -0.490 e. The largest absolute Gasteiger partial charge is 0.490 e. The predicted molar refractivity (Wildman–Crippen MR) is 76.1 cm³/mol. The van der Waals surface area contributed by atoms with E-state index in [1.54, 1.807) is 0 Å². The molecule has 2 rings (SSSR count). The molecule has 0 aromatic heterocycles. The second kappa shape index (κ2) is 5.14. The van der Waals surface area contributed by atoms with Gasteiger partial charge < -0.3 is 14.8 Å². The van der Waals surface area contributed by atoms with Gasteiger partial charge in [-0.25, -0.2) is 0 Å². The zero-order valence-electron chi connectivity index (χ0n) is 11.0. The van der Waals surface area contributed by atoms with Gasteiger partial charge in [-0.3, -0.25) is 0 Å². The van der Waals surface area contributed by atoms with Gasteiger partial charge in [-0.05, 0) is 35.3 Å². The Hall–Kier alpha value is -1.29. The van der Waals surface area contributed by atoms with Crippen molar-refractivity contribution in [3.05, 3.63) is 29.8 Å². The molecule has 0 saturated carbocycles. The molecule has 1 atom stereocenters. The van der Waals surface area contributed by atoms with Crippen molar-refractivity contribution in [3.63, 3.8) is 0 Å². The second-order valence-electron chi connectivity index (χ2n) is 5.50. The Morgan fingerprint density at radius 1 is 1.44 bits per heavy atom. The number of thiocarbonyl (C=S) groups is 1. The minimum atomic E-state index is 0.00999.